The summed E-state index contributed by atoms with van der Waals surface area (Å²) in [6.07, 6.45) is 0.305. The van der Waals surface area contributed by atoms with Crippen LogP contribution in [0.25, 0.3) is 5.82 Å². The average molecular weight is 434 g/mol. The minimum absolute atomic E-state index is 0.295. The molecule has 3 aromatic rings. The fourth-order valence-corrected chi connectivity index (χ4v) is 4.60. The van der Waals surface area contributed by atoms with Gasteiger partial charge in [0.1, 0.15) is 11.5 Å². The molecule has 0 unspecified atom stereocenters. The Hall–Kier alpha value is -3.88. The lowest BCUT2D eigenvalue weighted by molar-refractivity contribution is -0.132. The van der Waals surface area contributed by atoms with Gasteiger partial charge in [-0.25, -0.2) is 4.79 Å². The van der Waals surface area contributed by atoms with Crippen molar-refractivity contribution in [1.29, 1.82) is 0 Å². The lowest BCUT2D eigenvalue weighted by Gasteiger charge is -2.33. The third-order valence-electron chi connectivity index (χ3n) is 6.14. The van der Waals surface area contributed by atoms with Crippen LogP contribution in [0.2, 0.25) is 0 Å². The Morgan fingerprint density at radius 2 is 1.97 bits per heavy atom. The number of para-hydroxylation sites is 1. The summed E-state index contributed by atoms with van der Waals surface area (Å²) in [7, 11) is 0. The zero-order chi connectivity index (χ0) is 22.6. The molecule has 0 bridgehead atoms. The van der Waals surface area contributed by atoms with Gasteiger partial charge in [-0.05, 0) is 32.9 Å². The van der Waals surface area contributed by atoms with Crippen molar-refractivity contribution in [3.05, 3.63) is 64.7 Å². The summed E-state index contributed by atoms with van der Waals surface area (Å²) in [5.74, 6) is 1.02. The highest BCUT2D eigenvalue weighted by Crippen LogP contribution is 2.41. The van der Waals surface area contributed by atoms with E-state index in [0.717, 1.165) is 10.6 Å². The van der Waals surface area contributed by atoms with Gasteiger partial charge >= 0.3 is 6.03 Å². The Bertz CT molecular complexity index is 1270. The average Bonchev–Trinajstić information content (AvgIpc) is 3.39. The minimum atomic E-state index is -1.21. The maximum absolute atomic E-state index is 13.4. The molecule has 1 N–H and O–H groups in total. The van der Waals surface area contributed by atoms with Crippen LogP contribution in [0.3, 0.4) is 0 Å². The fraction of sp³-hybridized carbons (Fsp3) is 0.304. The molecule has 1 spiro atoms. The predicted octanol–water partition coefficient (Wildman–Crippen LogP) is 2.80. The Kier molecular flexibility index (Phi) is 4.44. The Labute approximate surface area is 183 Å². The van der Waals surface area contributed by atoms with Gasteiger partial charge in [0, 0.05) is 35.0 Å². The molecule has 32 heavy (non-hydrogen) atoms. The van der Waals surface area contributed by atoms with Crippen LogP contribution in [0.1, 0.15) is 39.5 Å². The van der Waals surface area contributed by atoms with Crippen LogP contribution in [-0.2, 0) is 10.3 Å². The van der Waals surface area contributed by atoms with Gasteiger partial charge in [-0.1, -0.05) is 23.4 Å². The molecule has 4 heterocycles. The van der Waals surface area contributed by atoms with Gasteiger partial charge in [-0.15, -0.1) is 0 Å². The number of nitrogens with zero attached hydrogens (tertiary/aromatic N) is 3. The van der Waals surface area contributed by atoms with Gasteiger partial charge in [0.05, 0.1) is 13.2 Å². The molecule has 1 fully saturated rings. The normalized spacial score (nSPS) is 19.8. The van der Waals surface area contributed by atoms with Crippen LogP contribution in [0.15, 0.2) is 40.9 Å². The Balaban J connectivity index is 1.44. The number of fused-ring (bicyclic) bond motifs is 2. The molecule has 2 aliphatic heterocycles. The quantitative estimate of drug-likeness (QED) is 0.500. The van der Waals surface area contributed by atoms with Crippen molar-refractivity contribution < 1.29 is 23.6 Å². The molecule has 2 aliphatic rings. The number of amides is 3. The second-order valence-corrected chi connectivity index (χ2v) is 8.16. The van der Waals surface area contributed by atoms with Crippen molar-refractivity contribution in [2.45, 2.75) is 32.7 Å². The van der Waals surface area contributed by atoms with Gasteiger partial charge < -0.3 is 14.6 Å². The number of Topliss-reactive ketones (excluding diaryl/α,β-unsaturated/α-hetero) is 1. The first-order chi connectivity index (χ1) is 15.3. The topological polar surface area (TPSA) is 107 Å². The van der Waals surface area contributed by atoms with Crippen LogP contribution >= 0.6 is 0 Å². The number of rotatable bonds is 4. The van der Waals surface area contributed by atoms with Crippen molar-refractivity contribution in [2.75, 3.05) is 13.2 Å². The predicted molar refractivity (Wildman–Crippen MR) is 113 cm³/mol. The van der Waals surface area contributed by atoms with E-state index >= 15 is 0 Å². The van der Waals surface area contributed by atoms with E-state index in [2.05, 4.69) is 10.5 Å². The van der Waals surface area contributed by atoms with Crippen molar-refractivity contribution in [2.24, 2.45) is 0 Å². The molecular weight excluding hydrogens is 412 g/mol. The van der Waals surface area contributed by atoms with Crippen LogP contribution in [0.5, 0.6) is 5.75 Å². The van der Waals surface area contributed by atoms with Crippen LogP contribution < -0.4 is 10.1 Å². The number of urea groups is 1. The lowest BCUT2D eigenvalue weighted by atomic mass is 9.84. The maximum Gasteiger partial charge on any atom is 0.325 e. The molecule has 1 saturated heterocycles. The number of aryl methyl sites for hydroxylation is 2. The van der Waals surface area contributed by atoms with E-state index in [9.17, 15) is 14.4 Å². The van der Waals surface area contributed by atoms with E-state index in [1.165, 1.54) is 0 Å². The Morgan fingerprint density at radius 1 is 1.19 bits per heavy atom. The number of carbonyl (C=O) groups excluding carboxylic acids is 3. The van der Waals surface area contributed by atoms with Crippen LogP contribution in [0.4, 0.5) is 4.79 Å². The highest BCUT2D eigenvalue weighted by Gasteiger charge is 2.55. The molecule has 1 aromatic carbocycles. The number of aromatic nitrogens is 2. The van der Waals surface area contributed by atoms with E-state index in [1.54, 1.807) is 44.2 Å². The van der Waals surface area contributed by atoms with E-state index in [-0.39, 0.29) is 12.3 Å². The smallest absolute Gasteiger partial charge is 0.325 e. The molecular formula is C23H22N4O5. The highest BCUT2D eigenvalue weighted by molar-refractivity contribution is 6.12. The standard InChI is InChI=1S/C23H22N4O5/c1-13-10-16(15(3)27(13)20-11-14(2)32-25-20)18(28)12-26-21(29)23(24-22(26)30)8-9-31-19-7-5-4-6-17(19)23/h4-7,10-11H,8-9,12H2,1-3H3,(H,24,30)/t23-/m1/s1. The third kappa shape index (κ3) is 2.84. The van der Waals surface area contributed by atoms with Crippen molar-refractivity contribution in [3.63, 3.8) is 0 Å². The molecule has 1 atom stereocenters. The molecule has 9 heteroatoms. The summed E-state index contributed by atoms with van der Waals surface area (Å²) in [6.45, 7) is 5.39. The summed E-state index contributed by atoms with van der Waals surface area (Å²) in [5.41, 5.74) is 1.29. The summed E-state index contributed by atoms with van der Waals surface area (Å²) in [6, 6.07) is 10.1. The molecule has 0 saturated carbocycles. The number of hydrogen-bond acceptors (Lipinski definition) is 6. The Morgan fingerprint density at radius 3 is 2.72 bits per heavy atom. The first-order valence-corrected chi connectivity index (χ1v) is 10.3. The van der Waals surface area contributed by atoms with Crippen LogP contribution in [0, 0.1) is 20.8 Å². The zero-order valence-corrected chi connectivity index (χ0v) is 18.0. The van der Waals surface area contributed by atoms with Crippen molar-refractivity contribution in [1.82, 2.24) is 19.9 Å². The fourth-order valence-electron chi connectivity index (χ4n) is 4.60. The van der Waals surface area contributed by atoms with E-state index in [0.29, 0.717) is 47.2 Å². The number of hydrogen-bond donors (Lipinski definition) is 1. The van der Waals surface area contributed by atoms with Crippen molar-refractivity contribution >= 4 is 17.7 Å². The molecule has 164 valence electrons. The van der Waals surface area contributed by atoms with Gasteiger partial charge in [0.25, 0.3) is 5.91 Å². The van der Waals surface area contributed by atoms with Crippen LogP contribution in [-0.4, -0.2) is 45.5 Å². The molecule has 9 nitrogen and oxygen atoms in total. The molecule has 3 amide bonds. The summed E-state index contributed by atoms with van der Waals surface area (Å²) in [5, 5.41) is 6.84. The molecule has 2 aromatic heterocycles. The van der Waals surface area contributed by atoms with E-state index in [1.807, 2.05) is 17.6 Å². The molecule has 0 aliphatic carbocycles. The number of ether oxygens (including phenoxy) is 1. The van der Waals surface area contributed by atoms with Gasteiger partial charge in [0.2, 0.25) is 0 Å². The monoisotopic (exact) mass is 434 g/mol. The summed E-state index contributed by atoms with van der Waals surface area (Å²) >= 11 is 0. The van der Waals surface area contributed by atoms with E-state index in [4.69, 9.17) is 9.26 Å². The second-order valence-electron chi connectivity index (χ2n) is 8.16. The number of nitrogens with one attached hydrogen (secondary N) is 1. The van der Waals surface area contributed by atoms with Crippen molar-refractivity contribution in [3.8, 4) is 11.6 Å². The first-order valence-electron chi connectivity index (χ1n) is 10.3. The summed E-state index contributed by atoms with van der Waals surface area (Å²) in [4.78, 5) is 40.4. The van der Waals surface area contributed by atoms with Gasteiger partial charge in [-0.3, -0.25) is 19.1 Å². The zero-order valence-electron chi connectivity index (χ0n) is 18.0. The number of imide groups is 1. The second kappa shape index (κ2) is 7.08. The van der Waals surface area contributed by atoms with Gasteiger partial charge in [0.15, 0.2) is 17.1 Å². The first kappa shape index (κ1) is 20.0. The largest absolute Gasteiger partial charge is 0.493 e. The summed E-state index contributed by atoms with van der Waals surface area (Å²) < 4.78 is 12.6. The minimum Gasteiger partial charge on any atom is -0.493 e. The number of carbonyl (C=O) groups is 3. The lowest BCUT2D eigenvalue weighted by Crippen LogP contribution is -2.47. The number of ketones is 1. The third-order valence-corrected chi connectivity index (χ3v) is 6.14. The number of benzene rings is 1. The SMILES string of the molecule is Cc1cc(-n2c(C)cc(C(=O)CN3C(=O)N[C@@]4(CCOc5ccccc54)C3=O)c2C)no1. The molecule has 5 rings (SSSR count). The van der Waals surface area contributed by atoms with E-state index < -0.39 is 17.5 Å². The maximum atomic E-state index is 13.4. The van der Waals surface area contributed by atoms with Gasteiger partial charge in [-0.2, -0.15) is 0 Å². The highest BCUT2D eigenvalue weighted by atomic mass is 16.5. The molecule has 0 radical (unpaired) electrons.